The molecule has 7 N–H and O–H groups in total. The number of ether oxygens (including phenoxy) is 6. The minimum atomic E-state index is -1.61. The molecule has 3 aliphatic carbocycles. The van der Waals surface area contributed by atoms with Crippen LogP contribution in [0.5, 0.6) is 0 Å². The fourth-order valence-electron chi connectivity index (χ4n) is 13.2. The van der Waals surface area contributed by atoms with Crippen LogP contribution in [0.4, 0.5) is 0 Å². The topological polar surface area (TPSA) is 214 Å². The van der Waals surface area contributed by atoms with E-state index in [0.717, 1.165) is 37.7 Å². The predicted octanol–water partition coefficient (Wildman–Crippen LogP) is 2.30. The summed E-state index contributed by atoms with van der Waals surface area (Å²) in [5.41, 5.74) is -1.40. The first-order chi connectivity index (χ1) is 26.0. The van der Waals surface area contributed by atoms with Crippen LogP contribution < -0.4 is 0 Å². The molecule has 0 amide bonds. The van der Waals surface area contributed by atoms with Gasteiger partial charge in [0.15, 0.2) is 18.9 Å². The third-order valence-electron chi connectivity index (χ3n) is 16.7. The summed E-state index contributed by atoms with van der Waals surface area (Å²) in [4.78, 5) is 13.7. The highest BCUT2D eigenvalue weighted by atomic mass is 16.7. The van der Waals surface area contributed by atoms with Gasteiger partial charge in [0.2, 0.25) is 0 Å². The van der Waals surface area contributed by atoms with E-state index in [0.29, 0.717) is 12.8 Å². The maximum Gasteiger partial charge on any atom is 0.312 e. The predicted molar refractivity (Wildman–Crippen MR) is 199 cm³/mol. The molecule has 4 heterocycles. The van der Waals surface area contributed by atoms with Gasteiger partial charge in [0.25, 0.3) is 0 Å². The van der Waals surface area contributed by atoms with E-state index in [9.17, 15) is 40.5 Å². The molecule has 3 saturated carbocycles. The lowest BCUT2D eigenvalue weighted by Crippen LogP contribution is -2.72. The molecule has 0 spiro atoms. The van der Waals surface area contributed by atoms with Crippen LogP contribution in [0.1, 0.15) is 107 Å². The lowest BCUT2D eigenvalue weighted by molar-refractivity contribution is -0.364. The van der Waals surface area contributed by atoms with E-state index in [-0.39, 0.29) is 47.3 Å². The average Bonchev–Trinajstić information content (AvgIpc) is 3.37. The Labute approximate surface area is 330 Å². The SMILES string of the molecule is CC(C)=CCC1OC(=O)C2C3CCC4C5(C)CCC(OC6OC(COC7OC(C)C(O)C(O)C7O)C(O)C(O)C6O)C(C)(C)C5CCC4(C)C3(C)C(O)OC12C. The van der Waals surface area contributed by atoms with E-state index in [2.05, 4.69) is 40.7 Å². The van der Waals surface area contributed by atoms with E-state index in [1.807, 2.05) is 20.8 Å². The number of hydrogen-bond acceptors (Lipinski definition) is 14. The van der Waals surface area contributed by atoms with Gasteiger partial charge in [0, 0.05) is 11.8 Å². The quantitative estimate of drug-likeness (QED) is 0.112. The Bertz CT molecular complexity index is 1500. The highest BCUT2D eigenvalue weighted by Gasteiger charge is 2.75. The molecule has 0 bridgehead atoms. The number of rotatable bonds is 7. The van der Waals surface area contributed by atoms with Gasteiger partial charge in [0.1, 0.15) is 54.4 Å². The van der Waals surface area contributed by atoms with Gasteiger partial charge in [0.05, 0.1) is 24.7 Å². The van der Waals surface area contributed by atoms with Crippen LogP contribution in [0, 0.1) is 45.3 Å². The van der Waals surface area contributed by atoms with Gasteiger partial charge < -0.3 is 64.2 Å². The molecule has 7 fully saturated rings. The van der Waals surface area contributed by atoms with Crippen molar-refractivity contribution in [2.45, 2.75) is 193 Å². The second-order valence-corrected chi connectivity index (χ2v) is 20.1. The molecule has 0 radical (unpaired) electrons. The zero-order valence-electron chi connectivity index (χ0n) is 34.5. The van der Waals surface area contributed by atoms with Gasteiger partial charge in [-0.05, 0) is 100 Å². The number of esters is 1. The highest BCUT2D eigenvalue weighted by Crippen LogP contribution is 2.75. The van der Waals surface area contributed by atoms with Crippen molar-refractivity contribution < 1.29 is 69.0 Å². The Balaban J connectivity index is 1.07. The fraction of sp³-hybridized carbons (Fsp3) is 0.929. The second-order valence-electron chi connectivity index (χ2n) is 20.1. The minimum absolute atomic E-state index is 0.105. The summed E-state index contributed by atoms with van der Waals surface area (Å²) in [6, 6.07) is 0. The number of allylic oxidation sites excluding steroid dienone is 1. The summed E-state index contributed by atoms with van der Waals surface area (Å²) in [5.74, 6) is -0.399. The Hall–Kier alpha value is -1.27. The number of aliphatic hydroxyl groups excluding tert-OH is 7. The number of carbonyl (C=O) groups is 1. The normalized spacial score (nSPS) is 55.2. The second kappa shape index (κ2) is 14.7. The molecule has 21 unspecified atom stereocenters. The summed E-state index contributed by atoms with van der Waals surface area (Å²) < 4.78 is 36.6. The zero-order chi connectivity index (χ0) is 41.1. The third-order valence-corrected chi connectivity index (χ3v) is 16.7. The van der Waals surface area contributed by atoms with Crippen molar-refractivity contribution in [3.05, 3.63) is 11.6 Å². The van der Waals surface area contributed by atoms with Crippen molar-refractivity contribution in [2.75, 3.05) is 6.61 Å². The van der Waals surface area contributed by atoms with E-state index < -0.39 is 96.2 Å². The molecule has 0 aromatic carbocycles. The van der Waals surface area contributed by atoms with E-state index >= 15 is 0 Å². The molecule has 14 nitrogen and oxygen atoms in total. The average molecular weight is 797 g/mol. The molecule has 0 aromatic rings. The van der Waals surface area contributed by atoms with Crippen molar-refractivity contribution in [3.8, 4) is 0 Å². The smallest absolute Gasteiger partial charge is 0.312 e. The number of carbonyl (C=O) groups excluding carboxylic acids is 1. The van der Waals surface area contributed by atoms with Gasteiger partial charge in [-0.25, -0.2) is 0 Å². The molecule has 4 aliphatic heterocycles. The van der Waals surface area contributed by atoms with E-state index in [1.54, 1.807) is 0 Å². The van der Waals surface area contributed by atoms with Crippen LogP contribution in [0.15, 0.2) is 11.6 Å². The van der Waals surface area contributed by atoms with Gasteiger partial charge in [-0.1, -0.05) is 46.3 Å². The fourth-order valence-corrected chi connectivity index (χ4v) is 13.2. The maximum atomic E-state index is 13.7. The Kier molecular flexibility index (Phi) is 11.3. The zero-order valence-corrected chi connectivity index (χ0v) is 34.5. The van der Waals surface area contributed by atoms with Crippen LogP contribution in [0.25, 0.3) is 0 Å². The summed E-state index contributed by atoms with van der Waals surface area (Å²) in [6.45, 7) is 18.3. The van der Waals surface area contributed by atoms with Crippen LogP contribution in [-0.2, 0) is 33.2 Å². The summed E-state index contributed by atoms with van der Waals surface area (Å²) in [5, 5.41) is 75.6. The van der Waals surface area contributed by atoms with Crippen molar-refractivity contribution in [3.63, 3.8) is 0 Å². The lowest BCUT2D eigenvalue weighted by Gasteiger charge is -2.72. The Morgan fingerprint density at radius 1 is 0.786 bits per heavy atom. The van der Waals surface area contributed by atoms with Gasteiger partial charge in [-0.3, -0.25) is 4.79 Å². The molecule has 56 heavy (non-hydrogen) atoms. The first kappa shape index (κ1) is 42.8. The van der Waals surface area contributed by atoms with Crippen molar-refractivity contribution >= 4 is 5.97 Å². The molecule has 7 rings (SSSR count). The molecule has 21 atom stereocenters. The van der Waals surface area contributed by atoms with E-state index in [1.165, 1.54) is 6.92 Å². The molecule has 0 aromatic heterocycles. The van der Waals surface area contributed by atoms with Crippen molar-refractivity contribution in [2.24, 2.45) is 45.3 Å². The monoisotopic (exact) mass is 796 g/mol. The van der Waals surface area contributed by atoms with Crippen LogP contribution >= 0.6 is 0 Å². The maximum absolute atomic E-state index is 13.7. The molecule has 320 valence electrons. The first-order valence-electron chi connectivity index (χ1n) is 20.9. The number of cyclic esters (lactones) is 1. The molecular formula is C42H68O14. The van der Waals surface area contributed by atoms with Crippen LogP contribution in [0.3, 0.4) is 0 Å². The minimum Gasteiger partial charge on any atom is -0.459 e. The summed E-state index contributed by atoms with van der Waals surface area (Å²) in [7, 11) is 0. The van der Waals surface area contributed by atoms with Crippen LogP contribution in [0.2, 0.25) is 0 Å². The van der Waals surface area contributed by atoms with Crippen molar-refractivity contribution in [1.29, 1.82) is 0 Å². The molecule has 4 saturated heterocycles. The third kappa shape index (κ3) is 6.29. The number of aliphatic hydroxyl groups is 7. The van der Waals surface area contributed by atoms with Crippen molar-refractivity contribution in [1.82, 2.24) is 0 Å². The Morgan fingerprint density at radius 3 is 2.12 bits per heavy atom. The largest absolute Gasteiger partial charge is 0.459 e. The molecular weight excluding hydrogens is 728 g/mol. The lowest BCUT2D eigenvalue weighted by atomic mass is 9.34. The first-order valence-corrected chi connectivity index (χ1v) is 20.9. The van der Waals surface area contributed by atoms with Gasteiger partial charge >= 0.3 is 5.97 Å². The standard InChI is InChI=1S/C42H68O14/c1-19(2)10-13-26-42(9)27(34(49)54-26)21-11-12-24-39(6)16-15-25(38(4,5)23(39)14-17-40(24,7)41(21,8)37(50)56-42)55-36-33(48)31(46)29(44)22(53-36)18-51-35-32(47)30(45)28(43)20(3)52-35/h10,20-33,35-37,43-48,50H,11-18H2,1-9H3. The van der Waals surface area contributed by atoms with Gasteiger partial charge in [-0.15, -0.1) is 0 Å². The highest BCUT2D eigenvalue weighted by molar-refractivity contribution is 5.78. The summed E-state index contributed by atoms with van der Waals surface area (Å²) >= 11 is 0. The Morgan fingerprint density at radius 2 is 1.45 bits per heavy atom. The van der Waals surface area contributed by atoms with Crippen LogP contribution in [-0.4, -0.2) is 134 Å². The molecule has 14 heteroatoms. The van der Waals surface area contributed by atoms with Gasteiger partial charge in [-0.2, -0.15) is 0 Å². The molecule has 7 aliphatic rings. The summed E-state index contributed by atoms with van der Waals surface area (Å²) in [6.07, 6.45) is -8.22. The number of fused-ring (bicyclic) bond motifs is 7. The number of hydrogen-bond donors (Lipinski definition) is 7. The van der Waals surface area contributed by atoms with E-state index in [4.69, 9.17) is 28.4 Å².